The summed E-state index contributed by atoms with van der Waals surface area (Å²) in [7, 11) is 0. The second kappa shape index (κ2) is 6.37. The maximum absolute atomic E-state index is 13.4. The zero-order valence-electron chi connectivity index (χ0n) is 10.3. The number of hydrogen-bond acceptors (Lipinski definition) is 1. The van der Waals surface area contributed by atoms with E-state index in [4.69, 9.17) is 11.6 Å². The molecule has 1 N–H and O–H groups in total. The summed E-state index contributed by atoms with van der Waals surface area (Å²) in [4.78, 5) is 11.5. The molecule has 0 saturated carbocycles. The molecule has 0 spiro atoms. The smallest absolute Gasteiger partial charge is 0.311 e. The van der Waals surface area contributed by atoms with Crippen molar-refractivity contribution < 1.29 is 14.3 Å². The third kappa shape index (κ3) is 3.38. The topological polar surface area (TPSA) is 37.3 Å². The fourth-order valence-corrected chi connectivity index (χ4v) is 2.67. The van der Waals surface area contributed by atoms with Crippen molar-refractivity contribution in [1.29, 1.82) is 0 Å². The van der Waals surface area contributed by atoms with Crippen LogP contribution >= 0.6 is 27.5 Å². The van der Waals surface area contributed by atoms with Gasteiger partial charge in [-0.2, -0.15) is 0 Å². The lowest BCUT2D eigenvalue weighted by molar-refractivity contribution is -0.138. The normalized spacial score (nSPS) is 12.2. The van der Waals surface area contributed by atoms with E-state index in [0.29, 0.717) is 11.1 Å². The van der Waals surface area contributed by atoms with E-state index in [1.54, 1.807) is 24.3 Å². The molecule has 0 radical (unpaired) electrons. The van der Waals surface area contributed by atoms with Crippen LogP contribution in [0, 0.1) is 5.82 Å². The summed E-state index contributed by atoms with van der Waals surface area (Å²) in [5, 5.41) is 9.42. The predicted molar refractivity (Wildman–Crippen MR) is 79.6 cm³/mol. The molecule has 2 rings (SSSR count). The van der Waals surface area contributed by atoms with E-state index in [-0.39, 0.29) is 11.4 Å². The molecule has 0 fully saturated rings. The zero-order valence-corrected chi connectivity index (χ0v) is 12.7. The van der Waals surface area contributed by atoms with Gasteiger partial charge in [-0.15, -0.1) is 0 Å². The summed E-state index contributed by atoms with van der Waals surface area (Å²) in [5.74, 6) is -2.24. The number of carboxylic acids is 1. The van der Waals surface area contributed by atoms with Crippen LogP contribution in [-0.4, -0.2) is 11.1 Å². The van der Waals surface area contributed by atoms with Crippen molar-refractivity contribution in [2.75, 3.05) is 0 Å². The maximum atomic E-state index is 13.4. The Kier molecular flexibility index (Phi) is 4.78. The van der Waals surface area contributed by atoms with Crippen LogP contribution in [0.15, 0.2) is 46.9 Å². The molecular formula is C15H11BrClFO2. The van der Waals surface area contributed by atoms with Crippen LogP contribution in [0.2, 0.25) is 5.02 Å². The van der Waals surface area contributed by atoms with E-state index in [9.17, 15) is 14.3 Å². The second-order valence-electron chi connectivity index (χ2n) is 4.36. The lowest BCUT2D eigenvalue weighted by atomic mass is 9.92. The van der Waals surface area contributed by atoms with Gasteiger partial charge in [-0.3, -0.25) is 4.79 Å². The molecule has 0 aliphatic carbocycles. The van der Waals surface area contributed by atoms with Crippen molar-refractivity contribution in [3.63, 3.8) is 0 Å². The molecule has 1 unspecified atom stereocenters. The number of rotatable bonds is 4. The summed E-state index contributed by atoms with van der Waals surface area (Å²) in [6.07, 6.45) is 0.200. The molecule has 0 bridgehead atoms. The van der Waals surface area contributed by atoms with E-state index in [1.807, 2.05) is 6.07 Å². The lowest BCUT2D eigenvalue weighted by Gasteiger charge is -2.14. The predicted octanol–water partition coefficient (Wildman–Crippen LogP) is 4.65. The van der Waals surface area contributed by atoms with Crippen molar-refractivity contribution >= 4 is 33.5 Å². The fraction of sp³-hybridized carbons (Fsp3) is 0.133. The minimum Gasteiger partial charge on any atom is -0.481 e. The Labute approximate surface area is 129 Å². The number of carbonyl (C=O) groups is 1. The summed E-state index contributed by atoms with van der Waals surface area (Å²) < 4.78 is 14.1. The molecule has 104 valence electrons. The van der Waals surface area contributed by atoms with Gasteiger partial charge in [0.05, 0.1) is 10.9 Å². The molecule has 2 aromatic rings. The molecule has 2 aromatic carbocycles. The Morgan fingerprint density at radius 3 is 2.60 bits per heavy atom. The molecule has 0 saturated heterocycles. The van der Waals surface area contributed by atoms with Gasteiger partial charge in [0, 0.05) is 4.47 Å². The average molecular weight is 358 g/mol. The Hall–Kier alpha value is -1.39. The van der Waals surface area contributed by atoms with Gasteiger partial charge in [0.15, 0.2) is 0 Å². The first-order chi connectivity index (χ1) is 9.49. The number of benzene rings is 2. The van der Waals surface area contributed by atoms with Gasteiger partial charge >= 0.3 is 5.97 Å². The first-order valence-corrected chi connectivity index (χ1v) is 7.07. The number of hydrogen-bond donors (Lipinski definition) is 1. The standard InChI is InChI=1S/C15H11BrClFO2/c16-12-4-2-1-3-10(12)11(15(19)20)7-9-5-6-13(17)14(18)8-9/h1-6,8,11H,7H2,(H,19,20). The van der Waals surface area contributed by atoms with Gasteiger partial charge in [-0.25, -0.2) is 4.39 Å². The van der Waals surface area contributed by atoms with Crippen molar-refractivity contribution in [2.24, 2.45) is 0 Å². The molecule has 0 heterocycles. The molecule has 0 amide bonds. The van der Waals surface area contributed by atoms with Crippen LogP contribution in [0.3, 0.4) is 0 Å². The van der Waals surface area contributed by atoms with Crippen LogP contribution in [0.5, 0.6) is 0 Å². The summed E-state index contributed by atoms with van der Waals surface area (Å²) >= 11 is 8.97. The highest BCUT2D eigenvalue weighted by Crippen LogP contribution is 2.29. The van der Waals surface area contributed by atoms with Gasteiger partial charge in [-0.05, 0) is 35.7 Å². The molecule has 5 heteroatoms. The van der Waals surface area contributed by atoms with Gasteiger partial charge < -0.3 is 5.11 Å². The molecule has 0 aliphatic heterocycles. The number of carboxylic acid groups (broad SMARTS) is 1. The van der Waals surface area contributed by atoms with Crippen LogP contribution in [0.25, 0.3) is 0 Å². The zero-order chi connectivity index (χ0) is 14.7. The van der Waals surface area contributed by atoms with Crippen LogP contribution in [-0.2, 0) is 11.2 Å². The van der Waals surface area contributed by atoms with E-state index in [2.05, 4.69) is 15.9 Å². The molecule has 1 atom stereocenters. The Morgan fingerprint density at radius 1 is 1.30 bits per heavy atom. The van der Waals surface area contributed by atoms with Crippen molar-refractivity contribution in [1.82, 2.24) is 0 Å². The summed E-state index contributed by atoms with van der Waals surface area (Å²) in [6.45, 7) is 0. The minimum absolute atomic E-state index is 0.0292. The van der Waals surface area contributed by atoms with E-state index >= 15 is 0 Å². The maximum Gasteiger partial charge on any atom is 0.311 e. The molecular weight excluding hydrogens is 347 g/mol. The summed E-state index contributed by atoms with van der Waals surface area (Å²) in [6, 6.07) is 11.5. The van der Waals surface area contributed by atoms with Crippen molar-refractivity contribution in [3.05, 3.63) is 68.9 Å². The van der Waals surface area contributed by atoms with Gasteiger partial charge in [0.2, 0.25) is 0 Å². The third-order valence-electron chi connectivity index (χ3n) is 3.00. The van der Waals surface area contributed by atoms with Gasteiger partial charge in [0.25, 0.3) is 0 Å². The quantitative estimate of drug-likeness (QED) is 0.864. The van der Waals surface area contributed by atoms with Crippen LogP contribution < -0.4 is 0 Å². The SMILES string of the molecule is O=C(O)C(Cc1ccc(Cl)c(F)c1)c1ccccc1Br. The Balaban J connectivity index is 2.33. The average Bonchev–Trinajstić information content (AvgIpc) is 2.41. The fourth-order valence-electron chi connectivity index (χ4n) is 1.99. The highest BCUT2D eigenvalue weighted by Gasteiger charge is 2.22. The second-order valence-corrected chi connectivity index (χ2v) is 5.63. The number of aliphatic carboxylic acids is 1. The summed E-state index contributed by atoms with van der Waals surface area (Å²) in [5.41, 5.74) is 1.26. The van der Waals surface area contributed by atoms with E-state index in [0.717, 1.165) is 4.47 Å². The monoisotopic (exact) mass is 356 g/mol. The largest absolute Gasteiger partial charge is 0.481 e. The Morgan fingerprint density at radius 2 is 2.00 bits per heavy atom. The number of halogens is 3. The molecule has 2 nitrogen and oxygen atoms in total. The molecule has 0 aromatic heterocycles. The lowest BCUT2D eigenvalue weighted by Crippen LogP contribution is -2.15. The van der Waals surface area contributed by atoms with E-state index < -0.39 is 17.7 Å². The van der Waals surface area contributed by atoms with Crippen molar-refractivity contribution in [2.45, 2.75) is 12.3 Å². The molecule has 0 aliphatic rings. The van der Waals surface area contributed by atoms with Crippen molar-refractivity contribution in [3.8, 4) is 0 Å². The highest BCUT2D eigenvalue weighted by molar-refractivity contribution is 9.10. The third-order valence-corrected chi connectivity index (χ3v) is 4.03. The molecule has 20 heavy (non-hydrogen) atoms. The van der Waals surface area contributed by atoms with Gasteiger partial charge in [0.1, 0.15) is 5.82 Å². The first kappa shape index (κ1) is 15.0. The Bertz CT molecular complexity index is 646. The minimum atomic E-state index is -0.952. The van der Waals surface area contributed by atoms with E-state index in [1.165, 1.54) is 12.1 Å². The van der Waals surface area contributed by atoms with Gasteiger partial charge in [-0.1, -0.05) is 51.8 Å². The first-order valence-electron chi connectivity index (χ1n) is 5.90. The highest BCUT2D eigenvalue weighted by atomic mass is 79.9. The van der Waals surface area contributed by atoms with Crippen LogP contribution in [0.4, 0.5) is 4.39 Å². The van der Waals surface area contributed by atoms with Crippen LogP contribution in [0.1, 0.15) is 17.0 Å².